The molecular formula is C16H14BrCl. The van der Waals surface area contributed by atoms with Crippen molar-refractivity contribution in [2.24, 2.45) is 0 Å². The SMILES string of the molecule is Clc1ccccc1CC(Br)C1Cc2ccccc21. The average Bonchev–Trinajstić information content (AvgIpc) is 2.34. The fourth-order valence-corrected chi connectivity index (χ4v) is 3.67. The summed E-state index contributed by atoms with van der Waals surface area (Å²) in [6.45, 7) is 0. The van der Waals surface area contributed by atoms with E-state index in [0.717, 1.165) is 11.4 Å². The Morgan fingerprint density at radius 3 is 2.61 bits per heavy atom. The standard InChI is InChI=1S/C16H14BrCl/c17-15(10-12-6-2-4-8-16(12)18)14-9-11-5-1-3-7-13(11)14/h1-8,14-15H,9-10H2. The fourth-order valence-electron chi connectivity index (χ4n) is 2.64. The molecule has 92 valence electrons. The maximum atomic E-state index is 6.21. The fraction of sp³-hybridized carbons (Fsp3) is 0.250. The summed E-state index contributed by atoms with van der Waals surface area (Å²) in [7, 11) is 0. The van der Waals surface area contributed by atoms with Crippen molar-refractivity contribution in [3.8, 4) is 0 Å². The van der Waals surface area contributed by atoms with E-state index in [0.29, 0.717) is 10.7 Å². The third-order valence-corrected chi connectivity index (χ3v) is 5.03. The number of benzene rings is 2. The van der Waals surface area contributed by atoms with Crippen molar-refractivity contribution in [3.63, 3.8) is 0 Å². The highest BCUT2D eigenvalue weighted by atomic mass is 79.9. The van der Waals surface area contributed by atoms with Gasteiger partial charge in [0.2, 0.25) is 0 Å². The lowest BCUT2D eigenvalue weighted by atomic mass is 9.75. The van der Waals surface area contributed by atoms with Crippen LogP contribution in [0, 0.1) is 0 Å². The molecule has 2 atom stereocenters. The molecule has 0 aromatic heterocycles. The van der Waals surface area contributed by atoms with Gasteiger partial charge in [0.25, 0.3) is 0 Å². The van der Waals surface area contributed by atoms with Gasteiger partial charge >= 0.3 is 0 Å². The number of rotatable bonds is 3. The van der Waals surface area contributed by atoms with Gasteiger partial charge in [0.15, 0.2) is 0 Å². The smallest absolute Gasteiger partial charge is 0.0438 e. The largest absolute Gasteiger partial charge is 0.0880 e. The van der Waals surface area contributed by atoms with Gasteiger partial charge in [0.05, 0.1) is 0 Å². The van der Waals surface area contributed by atoms with Gasteiger partial charge in [-0.25, -0.2) is 0 Å². The van der Waals surface area contributed by atoms with E-state index in [1.165, 1.54) is 23.1 Å². The summed E-state index contributed by atoms with van der Waals surface area (Å²) in [5.41, 5.74) is 4.21. The Labute approximate surface area is 121 Å². The third-order valence-electron chi connectivity index (χ3n) is 3.70. The highest BCUT2D eigenvalue weighted by Gasteiger charge is 2.31. The third kappa shape index (κ3) is 2.22. The van der Waals surface area contributed by atoms with Gasteiger partial charge in [-0.3, -0.25) is 0 Å². The van der Waals surface area contributed by atoms with Crippen LogP contribution in [-0.4, -0.2) is 4.83 Å². The molecule has 2 heteroatoms. The molecule has 0 saturated carbocycles. The Bertz CT molecular complexity index is 565. The molecule has 3 rings (SSSR count). The molecule has 0 bridgehead atoms. The molecule has 0 N–H and O–H groups in total. The van der Waals surface area contributed by atoms with Gasteiger partial charge in [0.1, 0.15) is 0 Å². The zero-order chi connectivity index (χ0) is 12.5. The van der Waals surface area contributed by atoms with E-state index in [4.69, 9.17) is 11.6 Å². The van der Waals surface area contributed by atoms with Crippen LogP contribution in [-0.2, 0) is 12.8 Å². The Balaban J connectivity index is 1.75. The normalized spacial score (nSPS) is 18.9. The highest BCUT2D eigenvalue weighted by Crippen LogP contribution is 2.41. The molecule has 1 aliphatic rings. The second-order valence-electron chi connectivity index (χ2n) is 4.82. The molecule has 18 heavy (non-hydrogen) atoms. The summed E-state index contributed by atoms with van der Waals surface area (Å²) < 4.78 is 0. The number of halogens is 2. The van der Waals surface area contributed by atoms with E-state index < -0.39 is 0 Å². The minimum Gasteiger partial charge on any atom is -0.0880 e. The van der Waals surface area contributed by atoms with Crippen molar-refractivity contribution in [1.82, 2.24) is 0 Å². The summed E-state index contributed by atoms with van der Waals surface area (Å²) >= 11 is 10.1. The molecule has 1 aliphatic carbocycles. The molecule has 2 aromatic carbocycles. The van der Waals surface area contributed by atoms with E-state index in [9.17, 15) is 0 Å². The van der Waals surface area contributed by atoms with E-state index in [1.54, 1.807) is 0 Å². The van der Waals surface area contributed by atoms with Crippen molar-refractivity contribution < 1.29 is 0 Å². The first-order chi connectivity index (χ1) is 8.75. The molecule has 2 unspecified atom stereocenters. The minimum atomic E-state index is 0.465. The van der Waals surface area contributed by atoms with Gasteiger partial charge in [0, 0.05) is 15.8 Å². The first-order valence-corrected chi connectivity index (χ1v) is 7.50. The zero-order valence-electron chi connectivity index (χ0n) is 9.94. The van der Waals surface area contributed by atoms with Crippen molar-refractivity contribution in [2.45, 2.75) is 23.6 Å². The van der Waals surface area contributed by atoms with Crippen LogP contribution >= 0.6 is 27.5 Å². The number of fused-ring (bicyclic) bond motifs is 1. The summed E-state index contributed by atoms with van der Waals surface area (Å²) in [4.78, 5) is 0.465. The van der Waals surface area contributed by atoms with E-state index in [2.05, 4.69) is 52.3 Å². The molecule has 2 aromatic rings. The highest BCUT2D eigenvalue weighted by molar-refractivity contribution is 9.09. The van der Waals surface area contributed by atoms with Crippen LogP contribution < -0.4 is 0 Å². The van der Waals surface area contributed by atoms with Crippen LogP contribution in [0.2, 0.25) is 5.02 Å². The summed E-state index contributed by atoms with van der Waals surface area (Å²) in [6.07, 6.45) is 2.16. The Hall–Kier alpha value is -0.790. The molecule has 0 saturated heterocycles. The summed E-state index contributed by atoms with van der Waals surface area (Å²) in [5.74, 6) is 0.623. The van der Waals surface area contributed by atoms with Crippen molar-refractivity contribution in [2.75, 3.05) is 0 Å². The molecule has 0 nitrogen and oxygen atoms in total. The van der Waals surface area contributed by atoms with Crippen LogP contribution in [0.15, 0.2) is 48.5 Å². The molecule has 0 amide bonds. The molecular weight excluding hydrogens is 308 g/mol. The predicted octanol–water partition coefficient (Wildman–Crippen LogP) is 4.99. The summed E-state index contributed by atoms with van der Waals surface area (Å²) in [5, 5.41) is 0.870. The maximum absolute atomic E-state index is 6.21. The summed E-state index contributed by atoms with van der Waals surface area (Å²) in [6, 6.07) is 16.8. The predicted molar refractivity (Wildman–Crippen MR) is 80.8 cm³/mol. The molecule has 0 aliphatic heterocycles. The number of alkyl halides is 1. The van der Waals surface area contributed by atoms with Crippen LogP contribution in [0.1, 0.15) is 22.6 Å². The average molecular weight is 322 g/mol. The topological polar surface area (TPSA) is 0 Å². The van der Waals surface area contributed by atoms with Crippen LogP contribution in [0.5, 0.6) is 0 Å². The first-order valence-electron chi connectivity index (χ1n) is 6.21. The van der Waals surface area contributed by atoms with Crippen LogP contribution in [0.25, 0.3) is 0 Å². The lowest BCUT2D eigenvalue weighted by molar-refractivity contribution is 0.581. The van der Waals surface area contributed by atoms with E-state index in [1.807, 2.05) is 12.1 Å². The van der Waals surface area contributed by atoms with Crippen LogP contribution in [0.3, 0.4) is 0 Å². The second kappa shape index (κ2) is 5.07. The Morgan fingerprint density at radius 1 is 1.11 bits per heavy atom. The maximum Gasteiger partial charge on any atom is 0.0438 e. The number of hydrogen-bond acceptors (Lipinski definition) is 0. The molecule has 0 fully saturated rings. The van der Waals surface area contributed by atoms with Crippen molar-refractivity contribution in [3.05, 3.63) is 70.2 Å². The van der Waals surface area contributed by atoms with Gasteiger partial charge in [-0.1, -0.05) is 70.0 Å². The first kappa shape index (κ1) is 12.3. The quantitative estimate of drug-likeness (QED) is 0.699. The zero-order valence-corrected chi connectivity index (χ0v) is 12.3. The monoisotopic (exact) mass is 320 g/mol. The lowest BCUT2D eigenvalue weighted by Crippen LogP contribution is -2.26. The Morgan fingerprint density at radius 2 is 1.83 bits per heavy atom. The number of hydrogen-bond donors (Lipinski definition) is 0. The van der Waals surface area contributed by atoms with E-state index >= 15 is 0 Å². The second-order valence-corrected chi connectivity index (χ2v) is 6.40. The van der Waals surface area contributed by atoms with Gasteiger partial charge in [-0.05, 0) is 35.6 Å². The van der Waals surface area contributed by atoms with Crippen LogP contribution in [0.4, 0.5) is 0 Å². The molecule has 0 radical (unpaired) electrons. The van der Waals surface area contributed by atoms with Crippen molar-refractivity contribution in [1.29, 1.82) is 0 Å². The van der Waals surface area contributed by atoms with Crippen molar-refractivity contribution >= 4 is 27.5 Å². The van der Waals surface area contributed by atoms with Gasteiger partial charge in [-0.15, -0.1) is 0 Å². The van der Waals surface area contributed by atoms with E-state index in [-0.39, 0.29) is 0 Å². The Kier molecular flexibility index (Phi) is 3.45. The molecule has 0 heterocycles. The molecule has 0 spiro atoms. The minimum absolute atomic E-state index is 0.465. The van der Waals surface area contributed by atoms with Gasteiger partial charge in [-0.2, -0.15) is 0 Å². The lowest BCUT2D eigenvalue weighted by Gasteiger charge is -2.34. The van der Waals surface area contributed by atoms with Gasteiger partial charge < -0.3 is 0 Å².